The standard InChI is InChI=1S/C18H29N3O2/c1-14-6-9-19-16(12-14)20(5)13-15-7-10-21(11-8-15)17(22)23-18(2,3)4/h6,9,12,15H,7-8,10-11,13H2,1-5H3. The molecule has 0 aromatic carbocycles. The largest absolute Gasteiger partial charge is 0.444 e. The third-order valence-electron chi connectivity index (χ3n) is 4.09. The lowest BCUT2D eigenvalue weighted by Gasteiger charge is -2.35. The van der Waals surface area contributed by atoms with Crippen molar-refractivity contribution in [3.63, 3.8) is 0 Å². The first-order valence-electron chi connectivity index (χ1n) is 8.36. The van der Waals surface area contributed by atoms with Crippen molar-refractivity contribution >= 4 is 11.9 Å². The monoisotopic (exact) mass is 319 g/mol. The molecule has 2 rings (SSSR count). The lowest BCUT2D eigenvalue weighted by Crippen LogP contribution is -2.43. The van der Waals surface area contributed by atoms with E-state index in [4.69, 9.17) is 4.74 Å². The Hall–Kier alpha value is -1.78. The number of piperidine rings is 1. The van der Waals surface area contributed by atoms with Crippen LogP contribution in [0.2, 0.25) is 0 Å². The van der Waals surface area contributed by atoms with Crippen molar-refractivity contribution in [3.05, 3.63) is 23.9 Å². The molecular formula is C18H29N3O2. The Morgan fingerprint density at radius 1 is 1.39 bits per heavy atom. The summed E-state index contributed by atoms with van der Waals surface area (Å²) in [4.78, 5) is 20.5. The molecule has 0 unspecified atom stereocenters. The average Bonchev–Trinajstić information content (AvgIpc) is 2.46. The van der Waals surface area contributed by atoms with Gasteiger partial charge in [0.05, 0.1) is 0 Å². The average molecular weight is 319 g/mol. The SMILES string of the molecule is Cc1ccnc(N(C)CC2CCN(C(=O)OC(C)(C)C)CC2)c1. The first-order chi connectivity index (χ1) is 10.7. The fourth-order valence-electron chi connectivity index (χ4n) is 2.83. The summed E-state index contributed by atoms with van der Waals surface area (Å²) in [5.41, 5.74) is 0.798. The molecule has 0 spiro atoms. The topological polar surface area (TPSA) is 45.7 Å². The lowest BCUT2D eigenvalue weighted by molar-refractivity contribution is 0.0186. The first kappa shape index (κ1) is 17.6. The maximum absolute atomic E-state index is 12.1. The Balaban J connectivity index is 1.81. The van der Waals surface area contributed by atoms with Gasteiger partial charge in [0.1, 0.15) is 11.4 Å². The molecule has 1 aromatic heterocycles. The van der Waals surface area contributed by atoms with E-state index in [0.717, 1.165) is 38.3 Å². The van der Waals surface area contributed by atoms with Crippen LogP contribution in [0.15, 0.2) is 18.3 Å². The second kappa shape index (κ2) is 7.20. The zero-order chi connectivity index (χ0) is 17.0. The molecule has 0 aliphatic carbocycles. The lowest BCUT2D eigenvalue weighted by atomic mass is 9.96. The van der Waals surface area contributed by atoms with Crippen LogP contribution in [0.1, 0.15) is 39.2 Å². The smallest absolute Gasteiger partial charge is 0.410 e. The molecule has 1 aromatic rings. The van der Waals surface area contributed by atoms with Crippen LogP contribution >= 0.6 is 0 Å². The van der Waals surface area contributed by atoms with Gasteiger partial charge in [-0.15, -0.1) is 0 Å². The van der Waals surface area contributed by atoms with E-state index >= 15 is 0 Å². The number of hydrogen-bond donors (Lipinski definition) is 0. The molecule has 1 amide bonds. The second-order valence-electron chi connectivity index (χ2n) is 7.48. The van der Waals surface area contributed by atoms with Crippen LogP contribution in [0.25, 0.3) is 0 Å². The van der Waals surface area contributed by atoms with Crippen molar-refractivity contribution in [2.75, 3.05) is 31.6 Å². The number of ether oxygens (including phenoxy) is 1. The van der Waals surface area contributed by atoms with Gasteiger partial charge in [0.2, 0.25) is 0 Å². The maximum atomic E-state index is 12.1. The second-order valence-corrected chi connectivity index (χ2v) is 7.48. The van der Waals surface area contributed by atoms with Gasteiger partial charge in [-0.05, 0) is 64.2 Å². The fourth-order valence-corrected chi connectivity index (χ4v) is 2.83. The Kier molecular flexibility index (Phi) is 5.50. The Morgan fingerprint density at radius 3 is 2.61 bits per heavy atom. The number of anilines is 1. The summed E-state index contributed by atoms with van der Waals surface area (Å²) in [5, 5.41) is 0. The minimum Gasteiger partial charge on any atom is -0.444 e. The normalized spacial score (nSPS) is 16.3. The molecule has 5 nitrogen and oxygen atoms in total. The van der Waals surface area contributed by atoms with Gasteiger partial charge < -0.3 is 14.5 Å². The molecule has 1 fully saturated rings. The Morgan fingerprint density at radius 2 is 2.04 bits per heavy atom. The van der Waals surface area contributed by atoms with Gasteiger partial charge in [-0.25, -0.2) is 9.78 Å². The molecule has 5 heteroatoms. The van der Waals surface area contributed by atoms with E-state index in [1.165, 1.54) is 5.56 Å². The van der Waals surface area contributed by atoms with E-state index in [1.807, 2.05) is 37.9 Å². The van der Waals surface area contributed by atoms with Gasteiger partial charge in [-0.2, -0.15) is 0 Å². The summed E-state index contributed by atoms with van der Waals surface area (Å²) < 4.78 is 5.44. The van der Waals surface area contributed by atoms with Crippen LogP contribution in [-0.4, -0.2) is 48.3 Å². The van der Waals surface area contributed by atoms with Crippen molar-refractivity contribution in [1.82, 2.24) is 9.88 Å². The Bertz CT molecular complexity index is 531. The predicted octanol–water partition coefficient (Wildman–Crippen LogP) is 3.47. The first-order valence-corrected chi connectivity index (χ1v) is 8.36. The summed E-state index contributed by atoms with van der Waals surface area (Å²) in [6.07, 6.45) is 3.68. The van der Waals surface area contributed by atoms with Crippen molar-refractivity contribution in [3.8, 4) is 0 Å². The van der Waals surface area contributed by atoms with Crippen LogP contribution in [0, 0.1) is 12.8 Å². The number of rotatable bonds is 3. The van der Waals surface area contributed by atoms with Gasteiger partial charge >= 0.3 is 6.09 Å². The van der Waals surface area contributed by atoms with Crippen molar-refractivity contribution in [2.24, 2.45) is 5.92 Å². The molecule has 0 atom stereocenters. The number of aryl methyl sites for hydroxylation is 1. The number of pyridine rings is 1. The zero-order valence-corrected chi connectivity index (χ0v) is 15.0. The van der Waals surface area contributed by atoms with E-state index in [-0.39, 0.29) is 6.09 Å². The van der Waals surface area contributed by atoms with E-state index in [1.54, 1.807) is 0 Å². The van der Waals surface area contributed by atoms with Gasteiger partial charge in [-0.1, -0.05) is 0 Å². The molecule has 0 saturated carbocycles. The van der Waals surface area contributed by atoms with Crippen LogP contribution in [-0.2, 0) is 4.74 Å². The number of amides is 1. The number of aromatic nitrogens is 1. The molecular weight excluding hydrogens is 290 g/mol. The van der Waals surface area contributed by atoms with E-state index in [2.05, 4.69) is 29.9 Å². The van der Waals surface area contributed by atoms with Gasteiger partial charge in [0, 0.05) is 32.9 Å². The van der Waals surface area contributed by atoms with Crippen molar-refractivity contribution in [1.29, 1.82) is 0 Å². The highest BCUT2D eigenvalue weighted by molar-refractivity contribution is 5.68. The van der Waals surface area contributed by atoms with Gasteiger partial charge in [-0.3, -0.25) is 0 Å². The van der Waals surface area contributed by atoms with Gasteiger partial charge in [0.25, 0.3) is 0 Å². The highest BCUT2D eigenvalue weighted by atomic mass is 16.6. The summed E-state index contributed by atoms with van der Waals surface area (Å²) in [5.74, 6) is 1.60. The fraction of sp³-hybridized carbons (Fsp3) is 0.667. The predicted molar refractivity (Wildman–Crippen MR) is 92.8 cm³/mol. The van der Waals surface area contributed by atoms with Crippen molar-refractivity contribution in [2.45, 2.75) is 46.1 Å². The van der Waals surface area contributed by atoms with Crippen molar-refractivity contribution < 1.29 is 9.53 Å². The number of carbonyl (C=O) groups excluding carboxylic acids is 1. The molecule has 0 radical (unpaired) electrons. The Labute approximate surface area is 139 Å². The summed E-state index contributed by atoms with van der Waals surface area (Å²) >= 11 is 0. The maximum Gasteiger partial charge on any atom is 0.410 e. The van der Waals surface area contributed by atoms with Crippen LogP contribution in [0.5, 0.6) is 0 Å². The van der Waals surface area contributed by atoms with Gasteiger partial charge in [0.15, 0.2) is 0 Å². The molecule has 23 heavy (non-hydrogen) atoms. The highest BCUT2D eigenvalue weighted by Crippen LogP contribution is 2.22. The summed E-state index contributed by atoms with van der Waals surface area (Å²) in [6.45, 7) is 10.3. The number of likely N-dealkylation sites (tertiary alicyclic amines) is 1. The van der Waals surface area contributed by atoms with Crippen LogP contribution in [0.3, 0.4) is 0 Å². The summed E-state index contributed by atoms with van der Waals surface area (Å²) in [7, 11) is 2.09. The molecule has 0 N–H and O–H groups in total. The number of hydrogen-bond acceptors (Lipinski definition) is 4. The minimum absolute atomic E-state index is 0.190. The third kappa shape index (κ3) is 5.41. The van der Waals surface area contributed by atoms with E-state index < -0.39 is 5.60 Å². The summed E-state index contributed by atoms with van der Waals surface area (Å²) in [6, 6.07) is 4.12. The molecule has 2 heterocycles. The quantitative estimate of drug-likeness (QED) is 0.856. The van der Waals surface area contributed by atoms with Crippen LogP contribution in [0.4, 0.5) is 10.6 Å². The minimum atomic E-state index is -0.426. The van der Waals surface area contributed by atoms with Crippen LogP contribution < -0.4 is 4.90 Å². The van der Waals surface area contributed by atoms with E-state index in [9.17, 15) is 4.79 Å². The zero-order valence-electron chi connectivity index (χ0n) is 15.0. The number of nitrogens with zero attached hydrogens (tertiary/aromatic N) is 3. The molecule has 0 bridgehead atoms. The molecule has 128 valence electrons. The highest BCUT2D eigenvalue weighted by Gasteiger charge is 2.27. The molecule has 1 saturated heterocycles. The number of carbonyl (C=O) groups is 1. The van der Waals surface area contributed by atoms with E-state index in [0.29, 0.717) is 5.92 Å². The third-order valence-corrected chi connectivity index (χ3v) is 4.09. The molecule has 1 aliphatic rings. The molecule has 1 aliphatic heterocycles.